The molecule has 0 aromatic rings. The molecule has 0 N–H and O–H groups in total. The molecule has 1 aliphatic carbocycles. The van der Waals surface area contributed by atoms with E-state index in [0.717, 1.165) is 0 Å². The second-order valence-corrected chi connectivity index (χ2v) is 6.17. The SMILES string of the molecule is O=S(=O)(CCCCl)N(CC(F)(F)F)C1CC1. The Morgan fingerprint density at radius 3 is 2.25 bits per heavy atom. The molecule has 0 aromatic heterocycles. The highest BCUT2D eigenvalue weighted by Crippen LogP contribution is 2.32. The minimum atomic E-state index is -4.49. The predicted octanol–water partition coefficient (Wildman–Crippen LogP) is 1.97. The van der Waals surface area contributed by atoms with Gasteiger partial charge in [0.2, 0.25) is 10.0 Å². The van der Waals surface area contributed by atoms with Gasteiger partial charge in [0.15, 0.2) is 0 Å². The molecular weight excluding hydrogens is 267 g/mol. The lowest BCUT2D eigenvalue weighted by Crippen LogP contribution is -2.41. The molecule has 0 bridgehead atoms. The fraction of sp³-hybridized carbons (Fsp3) is 1.00. The summed E-state index contributed by atoms with van der Waals surface area (Å²) >= 11 is 5.34. The summed E-state index contributed by atoms with van der Waals surface area (Å²) in [5.74, 6) is -0.188. The van der Waals surface area contributed by atoms with Gasteiger partial charge in [-0.05, 0) is 19.3 Å². The molecular formula is C8H13ClF3NO2S. The van der Waals surface area contributed by atoms with Crippen LogP contribution in [0.2, 0.25) is 0 Å². The highest BCUT2D eigenvalue weighted by molar-refractivity contribution is 7.89. The Labute approximate surface area is 97.6 Å². The van der Waals surface area contributed by atoms with Crippen LogP contribution in [0, 0.1) is 0 Å². The molecule has 0 atom stereocenters. The van der Waals surface area contributed by atoms with Crippen LogP contribution in [-0.2, 0) is 10.0 Å². The Morgan fingerprint density at radius 1 is 1.31 bits per heavy atom. The Kier molecular flexibility index (Phi) is 4.48. The molecule has 1 fully saturated rings. The second kappa shape index (κ2) is 5.10. The highest BCUT2D eigenvalue weighted by atomic mass is 35.5. The van der Waals surface area contributed by atoms with Crippen LogP contribution >= 0.6 is 11.6 Å². The van der Waals surface area contributed by atoms with E-state index in [-0.39, 0.29) is 18.1 Å². The van der Waals surface area contributed by atoms with Gasteiger partial charge >= 0.3 is 6.18 Å². The van der Waals surface area contributed by atoms with Gasteiger partial charge in [0, 0.05) is 11.9 Å². The van der Waals surface area contributed by atoms with Gasteiger partial charge in [0.25, 0.3) is 0 Å². The van der Waals surface area contributed by atoms with Gasteiger partial charge < -0.3 is 0 Å². The first kappa shape index (κ1) is 14.1. The minimum absolute atomic E-state index is 0.129. The van der Waals surface area contributed by atoms with E-state index >= 15 is 0 Å². The van der Waals surface area contributed by atoms with E-state index < -0.39 is 28.8 Å². The van der Waals surface area contributed by atoms with Crippen molar-refractivity contribution in [3.63, 3.8) is 0 Å². The number of halogens is 4. The van der Waals surface area contributed by atoms with E-state index in [2.05, 4.69) is 0 Å². The Balaban J connectivity index is 2.69. The van der Waals surface area contributed by atoms with Gasteiger partial charge in [-0.15, -0.1) is 11.6 Å². The summed E-state index contributed by atoms with van der Waals surface area (Å²) in [4.78, 5) is 0. The minimum Gasteiger partial charge on any atom is -0.212 e. The molecule has 16 heavy (non-hydrogen) atoms. The molecule has 0 amide bonds. The maximum atomic E-state index is 12.2. The maximum absolute atomic E-state index is 12.2. The summed E-state index contributed by atoms with van der Waals surface area (Å²) in [5.41, 5.74) is 0. The smallest absolute Gasteiger partial charge is 0.212 e. The molecule has 0 spiro atoms. The van der Waals surface area contributed by atoms with Crippen molar-refractivity contribution in [2.75, 3.05) is 18.2 Å². The molecule has 3 nitrogen and oxygen atoms in total. The molecule has 1 rings (SSSR count). The molecule has 1 aliphatic rings. The van der Waals surface area contributed by atoms with E-state index in [1.165, 1.54) is 0 Å². The Hall–Kier alpha value is -0.0100. The van der Waals surface area contributed by atoms with Crippen molar-refractivity contribution in [3.05, 3.63) is 0 Å². The summed E-state index contributed by atoms with van der Waals surface area (Å²) in [7, 11) is -3.83. The monoisotopic (exact) mass is 279 g/mol. The van der Waals surface area contributed by atoms with Crippen LogP contribution < -0.4 is 0 Å². The zero-order valence-electron chi connectivity index (χ0n) is 8.50. The van der Waals surface area contributed by atoms with E-state index in [4.69, 9.17) is 11.6 Å². The summed E-state index contributed by atoms with van der Waals surface area (Å²) < 4.78 is 60.4. The van der Waals surface area contributed by atoms with Crippen LogP contribution in [0.3, 0.4) is 0 Å². The van der Waals surface area contributed by atoms with Gasteiger partial charge in [-0.2, -0.15) is 17.5 Å². The second-order valence-electron chi connectivity index (χ2n) is 3.75. The van der Waals surface area contributed by atoms with E-state index in [1.807, 2.05) is 0 Å². The molecule has 96 valence electrons. The zero-order valence-corrected chi connectivity index (χ0v) is 10.1. The quantitative estimate of drug-likeness (QED) is 0.697. The average molecular weight is 280 g/mol. The zero-order chi connectivity index (χ0) is 12.4. The molecule has 1 saturated carbocycles. The molecule has 0 unspecified atom stereocenters. The molecule has 0 saturated heterocycles. The van der Waals surface area contributed by atoms with Crippen molar-refractivity contribution < 1.29 is 21.6 Å². The molecule has 0 heterocycles. The van der Waals surface area contributed by atoms with E-state index in [9.17, 15) is 21.6 Å². The summed E-state index contributed by atoms with van der Waals surface area (Å²) in [6.07, 6.45) is -3.30. The fourth-order valence-electron chi connectivity index (χ4n) is 1.35. The van der Waals surface area contributed by atoms with Crippen LogP contribution in [0.1, 0.15) is 19.3 Å². The number of nitrogens with zero attached hydrogens (tertiary/aromatic N) is 1. The summed E-state index contributed by atoms with van der Waals surface area (Å²) in [6.45, 7) is -1.39. The van der Waals surface area contributed by atoms with Gasteiger partial charge in [-0.25, -0.2) is 8.42 Å². The van der Waals surface area contributed by atoms with E-state index in [1.54, 1.807) is 0 Å². The van der Waals surface area contributed by atoms with Crippen LogP contribution in [0.25, 0.3) is 0 Å². The Bertz CT molecular complexity index is 327. The van der Waals surface area contributed by atoms with Gasteiger partial charge in [-0.3, -0.25) is 0 Å². The first-order chi connectivity index (χ1) is 7.26. The molecule has 0 aliphatic heterocycles. The lowest BCUT2D eigenvalue weighted by molar-refractivity contribution is -0.136. The van der Waals surface area contributed by atoms with Crippen molar-refractivity contribution in [2.45, 2.75) is 31.5 Å². The van der Waals surface area contributed by atoms with Crippen molar-refractivity contribution >= 4 is 21.6 Å². The standard InChI is InChI=1S/C8H13ClF3NO2S/c9-4-1-5-16(14,15)13(7-2-3-7)6-8(10,11)12/h7H,1-6H2. The lowest BCUT2D eigenvalue weighted by Gasteiger charge is -2.22. The summed E-state index contributed by atoms with van der Waals surface area (Å²) in [5, 5.41) is 0. The molecule has 0 aromatic carbocycles. The third kappa shape index (κ3) is 4.47. The topological polar surface area (TPSA) is 37.4 Å². The van der Waals surface area contributed by atoms with Crippen LogP contribution in [-0.4, -0.2) is 43.1 Å². The number of hydrogen-bond acceptors (Lipinski definition) is 2. The largest absolute Gasteiger partial charge is 0.402 e. The third-order valence-corrected chi connectivity index (χ3v) is 4.40. The third-order valence-electron chi connectivity index (χ3n) is 2.18. The normalized spacial score (nSPS) is 18.1. The van der Waals surface area contributed by atoms with Crippen molar-refractivity contribution in [1.29, 1.82) is 0 Å². The molecule has 8 heteroatoms. The van der Waals surface area contributed by atoms with Gasteiger partial charge in [0.1, 0.15) is 6.54 Å². The van der Waals surface area contributed by atoms with Crippen molar-refractivity contribution in [2.24, 2.45) is 0 Å². The van der Waals surface area contributed by atoms with Crippen LogP contribution in [0.5, 0.6) is 0 Å². The first-order valence-electron chi connectivity index (χ1n) is 4.88. The first-order valence-corrected chi connectivity index (χ1v) is 7.03. The average Bonchev–Trinajstić information content (AvgIpc) is 2.92. The van der Waals surface area contributed by atoms with Gasteiger partial charge in [0.05, 0.1) is 5.75 Å². The van der Waals surface area contributed by atoms with Crippen molar-refractivity contribution in [3.8, 4) is 0 Å². The predicted molar refractivity (Wildman–Crippen MR) is 54.9 cm³/mol. The number of hydrogen-bond donors (Lipinski definition) is 0. The molecule has 0 radical (unpaired) electrons. The van der Waals surface area contributed by atoms with Crippen molar-refractivity contribution in [1.82, 2.24) is 4.31 Å². The van der Waals surface area contributed by atoms with Crippen LogP contribution in [0.15, 0.2) is 0 Å². The fourth-order valence-corrected chi connectivity index (χ4v) is 3.39. The van der Waals surface area contributed by atoms with E-state index in [0.29, 0.717) is 17.1 Å². The van der Waals surface area contributed by atoms with Crippen LogP contribution in [0.4, 0.5) is 13.2 Å². The highest BCUT2D eigenvalue weighted by Gasteiger charge is 2.43. The number of sulfonamides is 1. The maximum Gasteiger partial charge on any atom is 0.402 e. The lowest BCUT2D eigenvalue weighted by atomic mass is 10.6. The van der Waals surface area contributed by atoms with Gasteiger partial charge in [-0.1, -0.05) is 0 Å². The number of alkyl halides is 4. The Morgan fingerprint density at radius 2 is 1.88 bits per heavy atom. The summed E-state index contributed by atoms with van der Waals surface area (Å²) in [6, 6.07) is -0.470. The number of rotatable bonds is 6.